The first kappa shape index (κ1) is 23.2. The van der Waals surface area contributed by atoms with Crippen LogP contribution in [0.2, 0.25) is 0 Å². The maximum absolute atomic E-state index is 13.2. The zero-order valence-corrected chi connectivity index (χ0v) is 20.6. The number of anilines is 2. The molecule has 1 saturated heterocycles. The lowest BCUT2D eigenvalue weighted by molar-refractivity contribution is -0.133. The Bertz CT molecular complexity index is 1220. The fourth-order valence-electron chi connectivity index (χ4n) is 4.96. The number of rotatable bonds is 4. The molecule has 2 amide bonds. The van der Waals surface area contributed by atoms with E-state index >= 15 is 0 Å². The van der Waals surface area contributed by atoms with Crippen LogP contribution in [0.25, 0.3) is 0 Å². The molecule has 5 rings (SSSR count). The molecule has 2 aromatic carbocycles. The highest BCUT2D eigenvalue weighted by molar-refractivity contribution is 8.01. The molecule has 1 fully saturated rings. The fourth-order valence-corrected chi connectivity index (χ4v) is 7.13. The molecule has 2 aliphatic heterocycles. The number of thioether (sulfide) groups is 1. The van der Waals surface area contributed by atoms with E-state index in [1.807, 2.05) is 6.07 Å². The van der Waals surface area contributed by atoms with E-state index in [0.717, 1.165) is 56.9 Å². The Morgan fingerprint density at radius 1 is 1.00 bits per heavy atom. The highest BCUT2D eigenvalue weighted by Gasteiger charge is 2.36. The van der Waals surface area contributed by atoms with Crippen LogP contribution in [0.15, 0.2) is 46.2 Å². The van der Waals surface area contributed by atoms with E-state index in [2.05, 4.69) is 16.1 Å². The minimum atomic E-state index is -3.83. The average Bonchev–Trinajstić information content (AvgIpc) is 3.12. The number of amides is 2. The summed E-state index contributed by atoms with van der Waals surface area (Å²) >= 11 is 1.20. The van der Waals surface area contributed by atoms with Gasteiger partial charge in [-0.25, -0.2) is 8.42 Å². The number of hydrogen-bond acceptors (Lipinski definition) is 5. The van der Waals surface area contributed by atoms with E-state index in [1.54, 1.807) is 17.0 Å². The highest BCUT2D eigenvalue weighted by Crippen LogP contribution is 2.38. The molecule has 0 saturated carbocycles. The van der Waals surface area contributed by atoms with E-state index in [-0.39, 0.29) is 10.8 Å². The van der Waals surface area contributed by atoms with Gasteiger partial charge in [-0.15, -0.1) is 11.8 Å². The summed E-state index contributed by atoms with van der Waals surface area (Å²) in [5, 5.41) is 1.93. The first-order valence-corrected chi connectivity index (χ1v) is 14.3. The molecule has 34 heavy (non-hydrogen) atoms. The molecule has 1 aliphatic carbocycles. The Morgan fingerprint density at radius 2 is 1.76 bits per heavy atom. The van der Waals surface area contributed by atoms with Gasteiger partial charge in [0.15, 0.2) is 5.25 Å². The van der Waals surface area contributed by atoms with Crippen molar-refractivity contribution in [2.75, 3.05) is 23.1 Å². The molecule has 7 nitrogen and oxygen atoms in total. The van der Waals surface area contributed by atoms with Crippen molar-refractivity contribution in [3.63, 3.8) is 0 Å². The lowest BCUT2D eigenvalue weighted by Gasteiger charge is -2.29. The fraction of sp³-hybridized carbons (Fsp3) is 0.440. The minimum Gasteiger partial charge on any atom is -0.341 e. The summed E-state index contributed by atoms with van der Waals surface area (Å²) in [6, 6.07) is 10.4. The quantitative estimate of drug-likeness (QED) is 0.616. The zero-order chi connectivity index (χ0) is 23.7. The van der Waals surface area contributed by atoms with Crippen molar-refractivity contribution in [2.24, 2.45) is 0 Å². The third-order valence-electron chi connectivity index (χ3n) is 6.78. The maximum Gasteiger partial charge on any atom is 0.261 e. The molecule has 0 aromatic heterocycles. The Hall–Kier alpha value is -2.52. The van der Waals surface area contributed by atoms with Crippen LogP contribution in [0, 0.1) is 0 Å². The summed E-state index contributed by atoms with van der Waals surface area (Å²) in [5.74, 6) is -0.561. The van der Waals surface area contributed by atoms with Gasteiger partial charge in [-0.1, -0.05) is 25.0 Å². The Kier molecular flexibility index (Phi) is 6.57. The lowest BCUT2D eigenvalue weighted by Crippen LogP contribution is -2.45. The predicted molar refractivity (Wildman–Crippen MR) is 134 cm³/mol. The van der Waals surface area contributed by atoms with Crippen molar-refractivity contribution in [3.8, 4) is 0 Å². The molecule has 9 heteroatoms. The van der Waals surface area contributed by atoms with Gasteiger partial charge in [0.1, 0.15) is 0 Å². The normalized spacial score (nSPS) is 20.5. The Balaban J connectivity index is 1.35. The molecular formula is C25H29N3O4S2. The van der Waals surface area contributed by atoms with Gasteiger partial charge in [0.25, 0.3) is 10.0 Å². The second-order valence-electron chi connectivity index (χ2n) is 9.14. The largest absolute Gasteiger partial charge is 0.341 e. The molecule has 0 bridgehead atoms. The summed E-state index contributed by atoms with van der Waals surface area (Å²) in [5.41, 5.74) is 3.30. The predicted octanol–water partition coefficient (Wildman–Crippen LogP) is 4.18. The topological polar surface area (TPSA) is 95.6 Å². The number of sulfonamides is 1. The van der Waals surface area contributed by atoms with E-state index < -0.39 is 21.2 Å². The highest BCUT2D eigenvalue weighted by atomic mass is 32.2. The number of nitrogens with zero attached hydrogens (tertiary/aromatic N) is 1. The number of likely N-dealkylation sites (tertiary alicyclic amines) is 1. The van der Waals surface area contributed by atoms with Crippen LogP contribution < -0.4 is 10.0 Å². The molecule has 0 radical (unpaired) electrons. The van der Waals surface area contributed by atoms with Crippen molar-refractivity contribution in [3.05, 3.63) is 47.5 Å². The molecule has 0 spiro atoms. The maximum atomic E-state index is 13.2. The third kappa shape index (κ3) is 4.68. The Morgan fingerprint density at radius 3 is 2.56 bits per heavy atom. The van der Waals surface area contributed by atoms with Crippen LogP contribution in [0.1, 0.15) is 49.7 Å². The van der Waals surface area contributed by atoms with Gasteiger partial charge in [0, 0.05) is 18.0 Å². The lowest BCUT2D eigenvalue weighted by atomic mass is 9.91. The van der Waals surface area contributed by atoms with Crippen LogP contribution in [0.5, 0.6) is 0 Å². The summed E-state index contributed by atoms with van der Waals surface area (Å²) in [6.07, 6.45) is 8.11. The first-order valence-electron chi connectivity index (χ1n) is 12.0. The van der Waals surface area contributed by atoms with Crippen molar-refractivity contribution < 1.29 is 18.0 Å². The van der Waals surface area contributed by atoms with Gasteiger partial charge >= 0.3 is 0 Å². The van der Waals surface area contributed by atoms with Gasteiger partial charge in [0.2, 0.25) is 11.8 Å². The molecule has 3 aliphatic rings. The van der Waals surface area contributed by atoms with Gasteiger partial charge in [0.05, 0.1) is 16.3 Å². The van der Waals surface area contributed by atoms with Crippen LogP contribution in [0.3, 0.4) is 0 Å². The number of nitrogens with one attached hydrogen (secondary N) is 2. The van der Waals surface area contributed by atoms with E-state index in [0.29, 0.717) is 29.4 Å². The molecule has 180 valence electrons. The molecule has 2 heterocycles. The standard InChI is InChI=1S/C25H29N3O4S2/c29-24-23(25(30)28-14-5-1-2-6-15-28)33-22-13-12-18(16-21(22)26-24)34(31,32)27-20-11-7-9-17-8-3-4-10-19(17)20/h7,9,11-13,16,23,27H,1-6,8,10,14-15H2,(H,26,29)/t23-/m1/s1. The summed E-state index contributed by atoms with van der Waals surface area (Å²) in [6.45, 7) is 1.37. The number of aryl methyl sites for hydroxylation is 1. The summed E-state index contributed by atoms with van der Waals surface area (Å²) in [4.78, 5) is 28.4. The molecule has 2 N–H and O–H groups in total. The molecule has 1 atom stereocenters. The van der Waals surface area contributed by atoms with E-state index in [9.17, 15) is 18.0 Å². The minimum absolute atomic E-state index is 0.0813. The van der Waals surface area contributed by atoms with E-state index in [4.69, 9.17) is 0 Å². The van der Waals surface area contributed by atoms with Crippen molar-refractivity contribution in [1.82, 2.24) is 4.90 Å². The smallest absolute Gasteiger partial charge is 0.261 e. The number of benzene rings is 2. The van der Waals surface area contributed by atoms with Gasteiger partial charge in [-0.05, 0) is 73.9 Å². The number of fused-ring (bicyclic) bond motifs is 2. The van der Waals surface area contributed by atoms with Crippen molar-refractivity contribution in [2.45, 2.75) is 66.4 Å². The van der Waals surface area contributed by atoms with Crippen LogP contribution in [-0.4, -0.2) is 43.5 Å². The second kappa shape index (κ2) is 9.62. The zero-order valence-electron chi connectivity index (χ0n) is 19.0. The average molecular weight is 500 g/mol. The van der Waals surface area contributed by atoms with E-state index in [1.165, 1.54) is 29.5 Å². The third-order valence-corrected chi connectivity index (χ3v) is 9.41. The monoisotopic (exact) mass is 499 g/mol. The van der Waals surface area contributed by atoms with Crippen LogP contribution in [0.4, 0.5) is 11.4 Å². The summed E-state index contributed by atoms with van der Waals surface area (Å²) in [7, 11) is -3.83. The first-order chi connectivity index (χ1) is 16.4. The molecule has 2 aromatic rings. The van der Waals surface area contributed by atoms with Crippen molar-refractivity contribution in [1.29, 1.82) is 0 Å². The molecular weight excluding hydrogens is 470 g/mol. The van der Waals surface area contributed by atoms with Crippen LogP contribution in [-0.2, 0) is 32.5 Å². The van der Waals surface area contributed by atoms with Crippen LogP contribution >= 0.6 is 11.8 Å². The van der Waals surface area contributed by atoms with Gasteiger partial charge < -0.3 is 10.2 Å². The number of hydrogen-bond donors (Lipinski definition) is 2. The second-order valence-corrected chi connectivity index (χ2v) is 12.0. The van der Waals surface area contributed by atoms with Gasteiger partial charge in [-0.2, -0.15) is 0 Å². The van der Waals surface area contributed by atoms with Gasteiger partial charge in [-0.3, -0.25) is 14.3 Å². The Labute approximate surface area is 204 Å². The number of carbonyl (C=O) groups excluding carboxylic acids is 2. The van der Waals surface area contributed by atoms with Crippen molar-refractivity contribution >= 4 is 45.0 Å². The summed E-state index contributed by atoms with van der Waals surface area (Å²) < 4.78 is 29.1. The number of carbonyl (C=O) groups is 2. The molecule has 0 unspecified atom stereocenters. The SMILES string of the molecule is O=C1Nc2cc(S(=O)(=O)Nc3cccc4c3CCCC4)ccc2S[C@H]1C(=O)N1CCCCCC1.